The van der Waals surface area contributed by atoms with E-state index in [0.717, 1.165) is 19.9 Å². The molecule has 2 fully saturated rings. The number of benzene rings is 2. The summed E-state index contributed by atoms with van der Waals surface area (Å²) in [5.41, 5.74) is 1.01. The molecule has 51 heavy (non-hydrogen) atoms. The van der Waals surface area contributed by atoms with Gasteiger partial charge in [0, 0.05) is 19.9 Å². The molecule has 17 heteroatoms. The summed E-state index contributed by atoms with van der Waals surface area (Å²) in [7, 11) is 1.35. The molecule has 0 spiro atoms. The van der Waals surface area contributed by atoms with E-state index in [-0.39, 0.29) is 36.0 Å². The molecule has 0 saturated carbocycles. The van der Waals surface area contributed by atoms with Crippen molar-refractivity contribution in [3.05, 3.63) is 53.6 Å². The first kappa shape index (κ1) is 39.3. The van der Waals surface area contributed by atoms with Gasteiger partial charge in [-0.05, 0) is 54.8 Å². The summed E-state index contributed by atoms with van der Waals surface area (Å²) in [5, 5.41) is 61.5. The second-order valence-corrected chi connectivity index (χ2v) is 11.8. The van der Waals surface area contributed by atoms with Crippen molar-refractivity contribution in [2.24, 2.45) is 0 Å². The molecule has 2 aliphatic rings. The fourth-order valence-electron chi connectivity index (χ4n) is 5.55. The Labute approximate surface area is 292 Å². The summed E-state index contributed by atoms with van der Waals surface area (Å²) in [6.07, 6.45) is -12.4. The molecule has 2 aromatic carbocycles. The normalized spacial score (nSPS) is 29.3. The average Bonchev–Trinajstić information content (AvgIpc) is 3.08. The fraction of sp³-hybridized carbons (Fsp3) is 0.500. The highest BCUT2D eigenvalue weighted by Gasteiger charge is 2.54. The van der Waals surface area contributed by atoms with E-state index in [2.05, 4.69) is 0 Å². The summed E-state index contributed by atoms with van der Waals surface area (Å²) in [4.78, 5) is 37.2. The number of ether oxygens (including phenoxy) is 8. The lowest BCUT2D eigenvalue weighted by Crippen LogP contribution is -2.66. The fourth-order valence-corrected chi connectivity index (χ4v) is 5.55. The average molecular weight is 723 g/mol. The second kappa shape index (κ2) is 17.6. The lowest BCUT2D eigenvalue weighted by Gasteiger charge is -2.47. The minimum absolute atomic E-state index is 0.108. The molecule has 6 N–H and O–H groups in total. The van der Waals surface area contributed by atoms with Crippen molar-refractivity contribution in [2.45, 2.75) is 88.6 Å². The van der Waals surface area contributed by atoms with Crippen LogP contribution in [0.3, 0.4) is 0 Å². The van der Waals surface area contributed by atoms with Gasteiger partial charge in [-0.3, -0.25) is 9.59 Å². The van der Waals surface area contributed by atoms with Gasteiger partial charge in [0.25, 0.3) is 0 Å². The number of carbonyl (C=O) groups is 3. The number of hydrogen-bond acceptors (Lipinski definition) is 17. The van der Waals surface area contributed by atoms with E-state index in [1.807, 2.05) is 0 Å². The lowest BCUT2D eigenvalue weighted by atomic mass is 9.96. The smallest absolute Gasteiger partial charge is 0.331 e. The van der Waals surface area contributed by atoms with Gasteiger partial charge in [0.1, 0.15) is 24.4 Å². The van der Waals surface area contributed by atoms with Crippen LogP contribution in [0.4, 0.5) is 0 Å². The summed E-state index contributed by atoms with van der Waals surface area (Å²) >= 11 is 0. The molecular weight excluding hydrogens is 680 g/mol. The van der Waals surface area contributed by atoms with E-state index in [0.29, 0.717) is 11.1 Å². The van der Waals surface area contributed by atoms with E-state index in [4.69, 9.17) is 37.9 Å². The van der Waals surface area contributed by atoms with Crippen LogP contribution in [-0.2, 0) is 54.0 Å². The Balaban J connectivity index is 1.63. The van der Waals surface area contributed by atoms with E-state index in [9.17, 15) is 45.0 Å². The molecule has 2 aliphatic heterocycles. The minimum Gasteiger partial charge on any atom is -0.504 e. The van der Waals surface area contributed by atoms with Crippen LogP contribution in [0, 0.1) is 0 Å². The van der Waals surface area contributed by atoms with Gasteiger partial charge in [0.15, 0.2) is 53.9 Å². The van der Waals surface area contributed by atoms with Gasteiger partial charge in [-0.25, -0.2) is 4.79 Å². The van der Waals surface area contributed by atoms with Crippen molar-refractivity contribution in [3.63, 3.8) is 0 Å². The molecule has 280 valence electrons. The van der Waals surface area contributed by atoms with Crippen molar-refractivity contribution < 1.29 is 82.9 Å². The number of aliphatic hydroxyl groups excluding tert-OH is 3. The quantitative estimate of drug-likeness (QED) is 0.0710. The van der Waals surface area contributed by atoms with Gasteiger partial charge in [-0.2, -0.15) is 0 Å². The number of hydrogen-bond donors (Lipinski definition) is 6. The summed E-state index contributed by atoms with van der Waals surface area (Å²) in [6, 6.07) is 8.47. The number of methoxy groups -OCH3 is 1. The van der Waals surface area contributed by atoms with Gasteiger partial charge in [-0.1, -0.05) is 12.1 Å². The van der Waals surface area contributed by atoms with Crippen LogP contribution in [0.2, 0.25) is 0 Å². The van der Waals surface area contributed by atoms with Crippen LogP contribution in [-0.4, -0.2) is 130 Å². The Kier molecular flexibility index (Phi) is 13.6. The molecule has 0 bridgehead atoms. The zero-order chi connectivity index (χ0) is 37.4. The molecule has 10 unspecified atom stereocenters. The molecule has 0 radical (unpaired) electrons. The van der Waals surface area contributed by atoms with Gasteiger partial charge < -0.3 is 68.5 Å². The number of phenolic OH excluding ortho intramolecular Hbond substituents is 3. The van der Waals surface area contributed by atoms with Crippen LogP contribution in [0.5, 0.6) is 23.0 Å². The van der Waals surface area contributed by atoms with Gasteiger partial charge in [0.05, 0.1) is 26.4 Å². The SMILES string of the molecule is COc1cc(C=CC(=O)OC2C(CO)OC(OCCc3ccc(O)c(O)c3)C(OC(C)=O)C2OC2OC(C)C(OC(C)=O)C(O)C2O)ccc1O. The predicted molar refractivity (Wildman–Crippen MR) is 171 cm³/mol. The van der Waals surface area contributed by atoms with E-state index in [1.165, 1.54) is 50.4 Å². The molecule has 0 amide bonds. The van der Waals surface area contributed by atoms with Crippen molar-refractivity contribution in [2.75, 3.05) is 20.3 Å². The number of rotatable bonds is 13. The molecule has 17 nitrogen and oxygen atoms in total. The van der Waals surface area contributed by atoms with Gasteiger partial charge in [-0.15, -0.1) is 0 Å². The number of carbonyl (C=O) groups excluding carboxylic acids is 3. The first-order valence-corrected chi connectivity index (χ1v) is 15.9. The number of phenols is 3. The van der Waals surface area contributed by atoms with Crippen LogP contribution >= 0.6 is 0 Å². The first-order chi connectivity index (χ1) is 24.2. The van der Waals surface area contributed by atoms with Crippen LogP contribution in [0.1, 0.15) is 31.9 Å². The minimum atomic E-state index is -1.83. The highest BCUT2D eigenvalue weighted by molar-refractivity contribution is 5.87. The van der Waals surface area contributed by atoms with Crippen molar-refractivity contribution in [1.82, 2.24) is 0 Å². The van der Waals surface area contributed by atoms with Crippen LogP contribution in [0.15, 0.2) is 42.5 Å². The number of aliphatic hydroxyl groups is 3. The Hall–Kier alpha value is -4.49. The van der Waals surface area contributed by atoms with Crippen LogP contribution < -0.4 is 4.74 Å². The third-order valence-electron chi connectivity index (χ3n) is 8.02. The Morgan fingerprint density at radius 3 is 2.14 bits per heavy atom. The topological polar surface area (TPSA) is 246 Å². The van der Waals surface area contributed by atoms with E-state index in [1.54, 1.807) is 6.07 Å². The molecule has 0 aromatic heterocycles. The summed E-state index contributed by atoms with van der Waals surface area (Å²) in [5.74, 6) is -3.19. The summed E-state index contributed by atoms with van der Waals surface area (Å²) < 4.78 is 45.1. The molecule has 2 heterocycles. The largest absolute Gasteiger partial charge is 0.504 e. The maximum Gasteiger partial charge on any atom is 0.331 e. The number of esters is 3. The molecule has 2 saturated heterocycles. The van der Waals surface area contributed by atoms with Crippen LogP contribution in [0.25, 0.3) is 6.08 Å². The van der Waals surface area contributed by atoms with Crippen molar-refractivity contribution >= 4 is 24.0 Å². The molecule has 0 aliphatic carbocycles. The molecule has 10 atom stereocenters. The molecular formula is C34H42O17. The summed E-state index contributed by atoms with van der Waals surface area (Å²) in [6.45, 7) is 2.78. The zero-order valence-corrected chi connectivity index (χ0v) is 28.2. The first-order valence-electron chi connectivity index (χ1n) is 15.9. The Morgan fingerprint density at radius 1 is 0.804 bits per heavy atom. The van der Waals surface area contributed by atoms with Crippen molar-refractivity contribution in [1.29, 1.82) is 0 Å². The highest BCUT2D eigenvalue weighted by Crippen LogP contribution is 2.34. The molecule has 4 rings (SSSR count). The zero-order valence-electron chi connectivity index (χ0n) is 28.2. The standard InChI is InChI=1S/C34H42O17/c1-16-29(47-17(2)36)27(42)28(43)33(46-16)51-31-30(50-26(41)10-7-19-6-9-22(39)24(14-19)44-4)25(15-35)49-34(32(31)48-18(3)37)45-12-11-20-5-8-21(38)23(40)13-20/h5-10,13-14,16,25,27-35,38-40,42-43H,11-12,15H2,1-4H3. The maximum atomic E-state index is 13.2. The second-order valence-electron chi connectivity index (χ2n) is 11.8. The monoisotopic (exact) mass is 722 g/mol. The number of aromatic hydroxyl groups is 3. The maximum absolute atomic E-state index is 13.2. The molecule has 2 aromatic rings. The van der Waals surface area contributed by atoms with Crippen molar-refractivity contribution in [3.8, 4) is 23.0 Å². The predicted octanol–water partition coefficient (Wildman–Crippen LogP) is 0.429. The van der Waals surface area contributed by atoms with E-state index >= 15 is 0 Å². The van der Waals surface area contributed by atoms with Gasteiger partial charge >= 0.3 is 17.9 Å². The van der Waals surface area contributed by atoms with E-state index < -0.39 is 85.9 Å². The Morgan fingerprint density at radius 2 is 1.49 bits per heavy atom. The Bertz CT molecular complexity index is 1540. The highest BCUT2D eigenvalue weighted by atomic mass is 16.8. The van der Waals surface area contributed by atoms with Gasteiger partial charge in [0.2, 0.25) is 0 Å². The third kappa shape index (κ3) is 10.1. The third-order valence-corrected chi connectivity index (χ3v) is 8.02. The lowest BCUT2D eigenvalue weighted by molar-refractivity contribution is -0.358.